The van der Waals surface area contributed by atoms with Gasteiger partial charge in [0, 0.05) is 6.04 Å². The van der Waals surface area contributed by atoms with Crippen molar-refractivity contribution < 1.29 is 0 Å². The van der Waals surface area contributed by atoms with Crippen molar-refractivity contribution in [2.75, 3.05) is 11.9 Å². The van der Waals surface area contributed by atoms with E-state index in [-0.39, 0.29) is 5.56 Å². The van der Waals surface area contributed by atoms with E-state index in [0.29, 0.717) is 29.5 Å². The predicted molar refractivity (Wildman–Crippen MR) is 84.8 cm³/mol. The van der Waals surface area contributed by atoms with Crippen molar-refractivity contribution in [2.24, 2.45) is 11.7 Å². The summed E-state index contributed by atoms with van der Waals surface area (Å²) >= 11 is 3.37. The van der Waals surface area contributed by atoms with Crippen LogP contribution in [0.5, 0.6) is 0 Å². The first-order chi connectivity index (χ1) is 9.67. The van der Waals surface area contributed by atoms with Crippen molar-refractivity contribution in [1.82, 2.24) is 9.78 Å². The highest BCUT2D eigenvalue weighted by Gasteiger charge is 2.24. The van der Waals surface area contributed by atoms with E-state index < -0.39 is 0 Å². The molecule has 1 fully saturated rings. The lowest BCUT2D eigenvalue weighted by molar-refractivity contribution is 0.332. The topological polar surface area (TPSA) is 72.9 Å². The molecule has 110 valence electrons. The third-order valence-corrected chi connectivity index (χ3v) is 4.61. The van der Waals surface area contributed by atoms with E-state index in [9.17, 15) is 4.79 Å². The van der Waals surface area contributed by atoms with Gasteiger partial charge in [0.2, 0.25) is 0 Å². The number of hydrogen-bond donors (Lipinski definition) is 2. The summed E-state index contributed by atoms with van der Waals surface area (Å²) in [7, 11) is 0. The van der Waals surface area contributed by atoms with Crippen molar-refractivity contribution in [1.29, 1.82) is 0 Å². The molecular weight excluding hydrogens is 320 g/mol. The maximum atomic E-state index is 12.1. The summed E-state index contributed by atoms with van der Waals surface area (Å²) in [5, 5.41) is 7.59. The Hall–Kier alpha value is -1.14. The fourth-order valence-corrected chi connectivity index (χ4v) is 3.12. The largest absolute Gasteiger partial charge is 0.380 e. The van der Waals surface area contributed by atoms with E-state index in [1.165, 1.54) is 17.5 Å². The van der Waals surface area contributed by atoms with Gasteiger partial charge >= 0.3 is 0 Å². The molecule has 0 radical (unpaired) electrons. The van der Waals surface area contributed by atoms with Crippen LogP contribution in [0.1, 0.15) is 25.7 Å². The van der Waals surface area contributed by atoms with Gasteiger partial charge in [-0.2, -0.15) is 5.10 Å². The van der Waals surface area contributed by atoms with Crippen LogP contribution in [0, 0.1) is 5.92 Å². The molecule has 1 heterocycles. The zero-order chi connectivity index (χ0) is 14.5. The normalized spacial score (nSPS) is 22.5. The number of halogens is 1. The first-order valence-corrected chi connectivity index (χ1v) is 7.79. The molecule has 2 rings (SSSR count). The second-order valence-electron chi connectivity index (χ2n) is 5.18. The molecule has 0 bridgehead atoms. The van der Waals surface area contributed by atoms with Gasteiger partial charge in [-0.15, -0.1) is 6.58 Å². The van der Waals surface area contributed by atoms with E-state index >= 15 is 0 Å². The van der Waals surface area contributed by atoms with Gasteiger partial charge in [-0.3, -0.25) is 4.79 Å². The average Bonchev–Trinajstić information content (AvgIpc) is 2.47. The zero-order valence-corrected chi connectivity index (χ0v) is 13.1. The number of hydrogen-bond acceptors (Lipinski definition) is 4. The number of nitrogens with zero attached hydrogens (tertiary/aromatic N) is 2. The monoisotopic (exact) mass is 340 g/mol. The molecule has 0 aromatic carbocycles. The number of anilines is 1. The summed E-state index contributed by atoms with van der Waals surface area (Å²) in [5.41, 5.74) is 6.44. The standard InChI is InChI=1S/C14H21BrN4O/c1-2-7-19-14(20)13(15)12(9-17-19)18-11-6-4-3-5-10(11)8-16/h2,9-11,18H,1,3-8,16H2. The van der Waals surface area contributed by atoms with Gasteiger partial charge in [-0.1, -0.05) is 18.9 Å². The SMILES string of the molecule is C=CCn1ncc(NC2CCCCC2CN)c(Br)c1=O. The summed E-state index contributed by atoms with van der Waals surface area (Å²) in [4.78, 5) is 12.1. The Morgan fingerprint density at radius 1 is 1.55 bits per heavy atom. The number of nitrogens with one attached hydrogen (secondary N) is 1. The van der Waals surface area contributed by atoms with Gasteiger partial charge in [-0.05, 0) is 41.2 Å². The number of aromatic nitrogens is 2. The minimum atomic E-state index is -0.144. The highest BCUT2D eigenvalue weighted by Crippen LogP contribution is 2.28. The number of allylic oxidation sites excluding steroid dienone is 1. The van der Waals surface area contributed by atoms with Gasteiger partial charge in [0.25, 0.3) is 5.56 Å². The van der Waals surface area contributed by atoms with Crippen LogP contribution >= 0.6 is 15.9 Å². The lowest BCUT2D eigenvalue weighted by Crippen LogP contribution is -2.37. The Labute approximate surface area is 127 Å². The summed E-state index contributed by atoms with van der Waals surface area (Å²) in [5.74, 6) is 0.464. The Bertz CT molecular complexity index is 528. The van der Waals surface area contributed by atoms with Crippen LogP contribution in [0.4, 0.5) is 5.69 Å². The second-order valence-corrected chi connectivity index (χ2v) is 5.97. The summed E-state index contributed by atoms with van der Waals surface area (Å²) in [6, 6.07) is 0.321. The molecule has 1 aliphatic carbocycles. The molecule has 1 aliphatic rings. The quantitative estimate of drug-likeness (QED) is 0.805. The molecule has 0 saturated heterocycles. The van der Waals surface area contributed by atoms with Gasteiger partial charge < -0.3 is 11.1 Å². The Kier molecular flexibility index (Phi) is 5.37. The molecule has 2 atom stereocenters. The van der Waals surface area contributed by atoms with Crippen LogP contribution in [0.2, 0.25) is 0 Å². The van der Waals surface area contributed by atoms with Gasteiger partial charge in [0.15, 0.2) is 0 Å². The molecule has 5 nitrogen and oxygen atoms in total. The number of nitrogens with two attached hydrogens (primary N) is 1. The first kappa shape index (κ1) is 15.3. The lowest BCUT2D eigenvalue weighted by atomic mass is 9.84. The molecule has 1 aromatic heterocycles. The fourth-order valence-electron chi connectivity index (χ4n) is 2.70. The molecule has 6 heteroatoms. The zero-order valence-electron chi connectivity index (χ0n) is 11.5. The molecule has 20 heavy (non-hydrogen) atoms. The van der Waals surface area contributed by atoms with Crippen molar-refractivity contribution in [2.45, 2.75) is 38.3 Å². The highest BCUT2D eigenvalue weighted by atomic mass is 79.9. The Morgan fingerprint density at radius 3 is 3.00 bits per heavy atom. The van der Waals surface area contributed by atoms with E-state index in [1.807, 2.05) is 0 Å². The maximum Gasteiger partial charge on any atom is 0.283 e. The molecule has 1 aromatic rings. The molecule has 3 N–H and O–H groups in total. The number of rotatable bonds is 5. The third kappa shape index (κ3) is 3.30. The summed E-state index contributed by atoms with van der Waals surface area (Å²) < 4.78 is 1.90. The van der Waals surface area contributed by atoms with Crippen LogP contribution in [0.3, 0.4) is 0 Å². The van der Waals surface area contributed by atoms with Crippen LogP contribution in [-0.2, 0) is 6.54 Å². The summed E-state index contributed by atoms with van der Waals surface area (Å²) in [6.45, 7) is 4.71. The van der Waals surface area contributed by atoms with Gasteiger partial charge in [0.05, 0.1) is 18.4 Å². The van der Waals surface area contributed by atoms with Crippen LogP contribution < -0.4 is 16.6 Å². The maximum absolute atomic E-state index is 12.1. The van der Waals surface area contributed by atoms with E-state index in [0.717, 1.165) is 18.5 Å². The molecule has 0 amide bonds. The molecule has 0 spiro atoms. The lowest BCUT2D eigenvalue weighted by Gasteiger charge is -2.32. The molecule has 0 aliphatic heterocycles. The minimum absolute atomic E-state index is 0.144. The average molecular weight is 341 g/mol. The van der Waals surface area contributed by atoms with Crippen LogP contribution in [-0.4, -0.2) is 22.4 Å². The minimum Gasteiger partial charge on any atom is -0.380 e. The summed E-state index contributed by atoms with van der Waals surface area (Å²) in [6.07, 6.45) is 8.01. The van der Waals surface area contributed by atoms with Crippen molar-refractivity contribution in [3.05, 3.63) is 33.7 Å². The highest BCUT2D eigenvalue weighted by molar-refractivity contribution is 9.10. The molecule has 2 unspecified atom stereocenters. The predicted octanol–water partition coefficient (Wildman–Crippen LogP) is 2.12. The first-order valence-electron chi connectivity index (χ1n) is 7.00. The van der Waals surface area contributed by atoms with Crippen molar-refractivity contribution in [3.63, 3.8) is 0 Å². The van der Waals surface area contributed by atoms with E-state index in [2.05, 4.69) is 32.9 Å². The Balaban J connectivity index is 2.19. The van der Waals surface area contributed by atoms with Gasteiger partial charge in [0.1, 0.15) is 4.47 Å². The van der Waals surface area contributed by atoms with Crippen LogP contribution in [0.15, 0.2) is 28.1 Å². The Morgan fingerprint density at radius 2 is 2.30 bits per heavy atom. The van der Waals surface area contributed by atoms with Crippen molar-refractivity contribution in [3.8, 4) is 0 Å². The molecular formula is C14H21BrN4O. The van der Waals surface area contributed by atoms with Crippen LogP contribution in [0.25, 0.3) is 0 Å². The third-order valence-electron chi connectivity index (χ3n) is 3.84. The second kappa shape index (κ2) is 7.04. The van der Waals surface area contributed by atoms with Gasteiger partial charge in [-0.25, -0.2) is 4.68 Å². The van der Waals surface area contributed by atoms with E-state index in [1.54, 1.807) is 12.3 Å². The van der Waals surface area contributed by atoms with Crippen molar-refractivity contribution >= 4 is 21.6 Å². The smallest absolute Gasteiger partial charge is 0.283 e. The fraction of sp³-hybridized carbons (Fsp3) is 0.571. The molecule has 1 saturated carbocycles. The van der Waals surface area contributed by atoms with E-state index in [4.69, 9.17) is 5.73 Å².